The second-order valence-corrected chi connectivity index (χ2v) is 11.1. The number of carbonyl (C=O) groups excluding carboxylic acids is 2. The number of hydrogen-bond donors (Lipinski definition) is 1. The van der Waals surface area contributed by atoms with Crippen molar-refractivity contribution in [1.82, 2.24) is 10.2 Å². The summed E-state index contributed by atoms with van der Waals surface area (Å²) in [6.45, 7) is 4.36. The number of rotatable bonds is 11. The predicted octanol–water partition coefficient (Wildman–Crippen LogP) is 6.97. The molecule has 1 atom stereocenters. The van der Waals surface area contributed by atoms with Crippen molar-refractivity contribution in [2.75, 3.05) is 0 Å². The van der Waals surface area contributed by atoms with Crippen molar-refractivity contribution in [3.05, 3.63) is 107 Å². The Balaban J connectivity index is 1.59. The Morgan fingerprint density at radius 1 is 0.872 bits per heavy atom. The van der Waals surface area contributed by atoms with Crippen molar-refractivity contribution < 1.29 is 14.0 Å². The number of aryl methyl sites for hydroxylation is 1. The molecular formula is C34H41FN2O2. The summed E-state index contributed by atoms with van der Waals surface area (Å²) in [5, 5.41) is 3.24. The van der Waals surface area contributed by atoms with Crippen molar-refractivity contribution in [1.29, 1.82) is 0 Å². The van der Waals surface area contributed by atoms with Gasteiger partial charge in [0.2, 0.25) is 11.8 Å². The maximum absolute atomic E-state index is 14.8. The van der Waals surface area contributed by atoms with E-state index in [1.807, 2.05) is 30.3 Å². The average Bonchev–Trinajstić information content (AvgIpc) is 2.95. The van der Waals surface area contributed by atoms with Crippen LogP contribution >= 0.6 is 0 Å². The first kappa shape index (κ1) is 28.5. The summed E-state index contributed by atoms with van der Waals surface area (Å²) in [4.78, 5) is 29.3. The van der Waals surface area contributed by atoms with E-state index in [9.17, 15) is 14.0 Å². The van der Waals surface area contributed by atoms with Crippen LogP contribution in [0.25, 0.3) is 0 Å². The van der Waals surface area contributed by atoms with Crippen molar-refractivity contribution >= 4 is 11.8 Å². The SMILES string of the molecule is CC(C)c1ccc(CCC(=O)N(Cc2ccccc2F)[C@@H](Cc2ccccc2)C(=O)NC2CCCCC2)cc1. The van der Waals surface area contributed by atoms with Gasteiger partial charge >= 0.3 is 0 Å². The van der Waals surface area contributed by atoms with Gasteiger partial charge in [-0.05, 0) is 47.9 Å². The molecule has 1 N–H and O–H groups in total. The molecule has 0 aliphatic heterocycles. The van der Waals surface area contributed by atoms with Gasteiger partial charge in [-0.25, -0.2) is 4.39 Å². The minimum Gasteiger partial charge on any atom is -0.352 e. The highest BCUT2D eigenvalue weighted by molar-refractivity contribution is 5.88. The topological polar surface area (TPSA) is 49.4 Å². The molecule has 0 spiro atoms. The summed E-state index contributed by atoms with van der Waals surface area (Å²) in [7, 11) is 0. The van der Waals surface area contributed by atoms with E-state index in [0.29, 0.717) is 24.3 Å². The Hall–Kier alpha value is -3.47. The lowest BCUT2D eigenvalue weighted by molar-refractivity contribution is -0.141. The summed E-state index contributed by atoms with van der Waals surface area (Å²) in [6, 6.07) is 24.0. The molecule has 4 rings (SSSR count). The predicted molar refractivity (Wildman–Crippen MR) is 155 cm³/mol. The van der Waals surface area contributed by atoms with E-state index >= 15 is 0 Å². The monoisotopic (exact) mass is 528 g/mol. The van der Waals surface area contributed by atoms with Gasteiger partial charge < -0.3 is 10.2 Å². The minimum atomic E-state index is -0.732. The zero-order valence-electron chi connectivity index (χ0n) is 23.2. The molecule has 0 heterocycles. The zero-order chi connectivity index (χ0) is 27.6. The molecule has 0 unspecified atom stereocenters. The Bertz CT molecular complexity index is 1200. The van der Waals surface area contributed by atoms with E-state index in [1.165, 1.54) is 18.1 Å². The average molecular weight is 529 g/mol. The molecule has 1 aliphatic carbocycles. The smallest absolute Gasteiger partial charge is 0.243 e. The second-order valence-electron chi connectivity index (χ2n) is 11.1. The summed E-state index contributed by atoms with van der Waals surface area (Å²) in [5.41, 5.74) is 3.71. The Labute approximate surface area is 232 Å². The van der Waals surface area contributed by atoms with Gasteiger partial charge in [0.1, 0.15) is 11.9 Å². The number of nitrogens with zero attached hydrogens (tertiary/aromatic N) is 1. The largest absolute Gasteiger partial charge is 0.352 e. The Morgan fingerprint density at radius 3 is 2.21 bits per heavy atom. The van der Waals surface area contributed by atoms with E-state index in [0.717, 1.165) is 36.8 Å². The molecule has 206 valence electrons. The highest BCUT2D eigenvalue weighted by atomic mass is 19.1. The third-order valence-corrected chi connectivity index (χ3v) is 7.80. The lowest BCUT2D eigenvalue weighted by Gasteiger charge is -2.33. The van der Waals surface area contributed by atoms with Gasteiger partial charge in [0.15, 0.2) is 0 Å². The fraction of sp³-hybridized carbons (Fsp3) is 0.412. The van der Waals surface area contributed by atoms with Gasteiger partial charge in [-0.15, -0.1) is 0 Å². The van der Waals surface area contributed by atoms with Crippen molar-refractivity contribution in [3.8, 4) is 0 Å². The highest BCUT2D eigenvalue weighted by Crippen LogP contribution is 2.22. The number of hydrogen-bond acceptors (Lipinski definition) is 2. The van der Waals surface area contributed by atoms with Crippen LogP contribution < -0.4 is 5.32 Å². The van der Waals surface area contributed by atoms with Crippen molar-refractivity contribution in [3.63, 3.8) is 0 Å². The van der Waals surface area contributed by atoms with Crippen LogP contribution in [0.5, 0.6) is 0 Å². The molecule has 0 saturated heterocycles. The van der Waals surface area contributed by atoms with Crippen LogP contribution in [0.3, 0.4) is 0 Å². The van der Waals surface area contributed by atoms with Gasteiger partial charge in [-0.3, -0.25) is 9.59 Å². The van der Waals surface area contributed by atoms with Gasteiger partial charge in [-0.1, -0.05) is 106 Å². The number of amides is 2. The first-order valence-electron chi connectivity index (χ1n) is 14.4. The third-order valence-electron chi connectivity index (χ3n) is 7.80. The standard InChI is InChI=1S/C34H41FN2O2/c1-25(2)28-20-17-26(18-21-28)19-22-33(38)37(24-29-13-9-10-16-31(29)35)32(23-27-11-5-3-6-12-27)34(39)36-30-14-7-4-8-15-30/h3,5-6,9-13,16-18,20-21,25,30,32H,4,7-8,14-15,19,22-24H2,1-2H3,(H,36,39)/t32-/m0/s1. The molecule has 4 nitrogen and oxygen atoms in total. The van der Waals surface area contributed by atoms with Crippen LogP contribution in [0.4, 0.5) is 4.39 Å². The van der Waals surface area contributed by atoms with Crippen molar-refractivity contribution in [2.24, 2.45) is 0 Å². The molecule has 2 amide bonds. The Kier molecular flexibility index (Phi) is 10.3. The van der Waals surface area contributed by atoms with Crippen LogP contribution in [0.15, 0.2) is 78.9 Å². The number of halogens is 1. The molecule has 1 aliphatic rings. The molecule has 0 radical (unpaired) electrons. The summed E-state index contributed by atoms with van der Waals surface area (Å²) in [5.74, 6) is -0.230. The van der Waals surface area contributed by atoms with E-state index < -0.39 is 6.04 Å². The van der Waals surface area contributed by atoms with E-state index in [1.54, 1.807) is 23.1 Å². The van der Waals surface area contributed by atoms with Crippen LogP contribution in [0.1, 0.15) is 80.5 Å². The molecule has 3 aromatic carbocycles. The first-order valence-corrected chi connectivity index (χ1v) is 14.4. The molecular weight excluding hydrogens is 487 g/mol. The molecule has 3 aromatic rings. The molecule has 39 heavy (non-hydrogen) atoms. The third kappa shape index (κ3) is 8.26. The Morgan fingerprint density at radius 2 is 1.54 bits per heavy atom. The van der Waals surface area contributed by atoms with Gasteiger partial charge in [0.05, 0.1) is 0 Å². The number of carbonyl (C=O) groups is 2. The second kappa shape index (κ2) is 14.1. The van der Waals surface area contributed by atoms with E-state index in [4.69, 9.17) is 0 Å². The summed E-state index contributed by atoms with van der Waals surface area (Å²) in [6.07, 6.45) is 6.49. The summed E-state index contributed by atoms with van der Waals surface area (Å²) < 4.78 is 14.8. The lowest BCUT2D eigenvalue weighted by Crippen LogP contribution is -2.53. The maximum atomic E-state index is 14.8. The molecule has 0 bridgehead atoms. The van der Waals surface area contributed by atoms with Crippen molar-refractivity contribution in [2.45, 2.75) is 89.8 Å². The maximum Gasteiger partial charge on any atom is 0.243 e. The van der Waals surface area contributed by atoms with E-state index in [2.05, 4.69) is 43.4 Å². The lowest BCUT2D eigenvalue weighted by atomic mass is 9.94. The fourth-order valence-electron chi connectivity index (χ4n) is 5.37. The normalized spacial score (nSPS) is 14.7. The van der Waals surface area contributed by atoms with Crippen LogP contribution in [-0.2, 0) is 29.0 Å². The number of benzene rings is 3. The van der Waals surface area contributed by atoms with Crippen LogP contribution in [0, 0.1) is 5.82 Å². The quantitative estimate of drug-likeness (QED) is 0.292. The molecule has 1 saturated carbocycles. The zero-order valence-corrected chi connectivity index (χ0v) is 23.2. The van der Waals surface area contributed by atoms with Crippen LogP contribution in [-0.4, -0.2) is 28.8 Å². The van der Waals surface area contributed by atoms with E-state index in [-0.39, 0.29) is 36.6 Å². The molecule has 5 heteroatoms. The number of nitrogens with one attached hydrogen (secondary N) is 1. The first-order chi connectivity index (χ1) is 18.9. The van der Waals surface area contributed by atoms with Gasteiger partial charge in [0.25, 0.3) is 0 Å². The molecule has 0 aromatic heterocycles. The minimum absolute atomic E-state index is 0.0490. The highest BCUT2D eigenvalue weighted by Gasteiger charge is 2.32. The van der Waals surface area contributed by atoms with Gasteiger partial charge in [-0.2, -0.15) is 0 Å². The summed E-state index contributed by atoms with van der Waals surface area (Å²) >= 11 is 0. The van der Waals surface area contributed by atoms with Gasteiger partial charge in [0, 0.05) is 31.0 Å². The molecule has 1 fully saturated rings. The fourth-order valence-corrected chi connectivity index (χ4v) is 5.37. The van der Waals surface area contributed by atoms with Crippen LogP contribution in [0.2, 0.25) is 0 Å².